The molecule has 0 amide bonds. The van der Waals surface area contributed by atoms with Crippen LogP contribution in [0.1, 0.15) is 12.5 Å². The van der Waals surface area contributed by atoms with Crippen LogP contribution in [0.15, 0.2) is 30.3 Å². The van der Waals surface area contributed by atoms with Gasteiger partial charge in [-0.15, -0.1) is 0 Å². The minimum atomic E-state index is -0.277. The van der Waals surface area contributed by atoms with Gasteiger partial charge in [0, 0.05) is 12.3 Å². The Hall–Kier alpha value is -2.23. The van der Waals surface area contributed by atoms with Crippen molar-refractivity contribution in [3.8, 4) is 11.5 Å². The van der Waals surface area contributed by atoms with Gasteiger partial charge in [0.2, 0.25) is 6.79 Å². The first kappa shape index (κ1) is 10.9. The molecular weight excluding hydrogens is 232 g/mol. The molecule has 4 heteroatoms. The molecule has 18 heavy (non-hydrogen) atoms. The first-order valence-corrected chi connectivity index (χ1v) is 5.68. The zero-order chi connectivity index (χ0) is 12.5. The van der Waals surface area contributed by atoms with Crippen molar-refractivity contribution >= 4 is 16.7 Å². The van der Waals surface area contributed by atoms with Crippen molar-refractivity contribution in [2.45, 2.75) is 13.5 Å². The van der Waals surface area contributed by atoms with E-state index >= 15 is 0 Å². The van der Waals surface area contributed by atoms with Gasteiger partial charge < -0.3 is 14.2 Å². The Morgan fingerprint density at radius 1 is 1.28 bits per heavy atom. The molecule has 0 radical (unpaired) electrons. The quantitative estimate of drug-likeness (QED) is 0.762. The lowest BCUT2D eigenvalue weighted by Gasteiger charge is -2.06. The molecule has 0 N–H and O–H groups in total. The fraction of sp³-hybridized carbons (Fsp3) is 0.214. The molecule has 1 aliphatic heterocycles. The number of fused-ring (bicyclic) bond motifs is 3. The van der Waals surface area contributed by atoms with E-state index in [4.69, 9.17) is 14.2 Å². The van der Waals surface area contributed by atoms with Crippen molar-refractivity contribution < 1.29 is 19.0 Å². The molecule has 1 heterocycles. The number of esters is 1. The number of carbonyl (C=O) groups is 1. The fourth-order valence-corrected chi connectivity index (χ4v) is 2.02. The van der Waals surface area contributed by atoms with E-state index in [1.807, 2.05) is 30.3 Å². The fourth-order valence-electron chi connectivity index (χ4n) is 2.02. The van der Waals surface area contributed by atoms with Gasteiger partial charge in [0.05, 0.1) is 0 Å². The monoisotopic (exact) mass is 244 g/mol. The third-order valence-electron chi connectivity index (χ3n) is 2.86. The van der Waals surface area contributed by atoms with Gasteiger partial charge in [-0.05, 0) is 23.1 Å². The van der Waals surface area contributed by atoms with E-state index in [-0.39, 0.29) is 12.8 Å². The summed E-state index contributed by atoms with van der Waals surface area (Å²) in [6.45, 7) is 1.96. The van der Waals surface area contributed by atoms with Crippen LogP contribution in [0.25, 0.3) is 10.8 Å². The molecule has 0 saturated heterocycles. The molecule has 0 bridgehead atoms. The molecule has 2 aromatic rings. The predicted octanol–water partition coefficient (Wildman–Crippen LogP) is 2.63. The van der Waals surface area contributed by atoms with Crippen LogP contribution in [-0.2, 0) is 16.1 Å². The number of hydrogen-bond donors (Lipinski definition) is 0. The smallest absolute Gasteiger partial charge is 0.302 e. The van der Waals surface area contributed by atoms with Gasteiger partial charge in [-0.25, -0.2) is 0 Å². The molecule has 0 spiro atoms. The normalized spacial score (nSPS) is 12.7. The maximum absolute atomic E-state index is 10.8. The highest BCUT2D eigenvalue weighted by Crippen LogP contribution is 2.39. The minimum Gasteiger partial charge on any atom is -0.461 e. The second kappa shape index (κ2) is 4.22. The summed E-state index contributed by atoms with van der Waals surface area (Å²) in [5.41, 5.74) is 0.955. The van der Waals surface area contributed by atoms with Crippen LogP contribution < -0.4 is 9.47 Å². The van der Waals surface area contributed by atoms with Gasteiger partial charge >= 0.3 is 5.97 Å². The molecule has 0 fully saturated rings. The van der Waals surface area contributed by atoms with Gasteiger partial charge in [0.15, 0.2) is 11.5 Å². The van der Waals surface area contributed by atoms with Gasteiger partial charge in [0.25, 0.3) is 0 Å². The third-order valence-corrected chi connectivity index (χ3v) is 2.86. The lowest BCUT2D eigenvalue weighted by molar-refractivity contribution is -0.142. The number of benzene rings is 2. The van der Waals surface area contributed by atoms with Crippen molar-refractivity contribution in [1.29, 1.82) is 0 Å². The Balaban J connectivity index is 1.98. The molecule has 0 atom stereocenters. The average Bonchev–Trinajstić information content (AvgIpc) is 2.84. The maximum Gasteiger partial charge on any atom is 0.302 e. The van der Waals surface area contributed by atoms with Crippen LogP contribution in [0, 0.1) is 0 Å². The van der Waals surface area contributed by atoms with Crippen LogP contribution in [-0.4, -0.2) is 12.8 Å². The summed E-state index contributed by atoms with van der Waals surface area (Å²) in [6, 6.07) is 9.73. The van der Waals surface area contributed by atoms with Crippen molar-refractivity contribution in [2.24, 2.45) is 0 Å². The second-order valence-electron chi connectivity index (χ2n) is 4.14. The lowest BCUT2D eigenvalue weighted by Crippen LogP contribution is -1.98. The van der Waals surface area contributed by atoms with Crippen LogP contribution in [0.5, 0.6) is 11.5 Å². The zero-order valence-electron chi connectivity index (χ0n) is 9.93. The van der Waals surface area contributed by atoms with Crippen molar-refractivity contribution in [3.05, 3.63) is 35.9 Å². The third kappa shape index (κ3) is 1.86. The summed E-state index contributed by atoms with van der Waals surface area (Å²) in [5, 5.41) is 2.06. The molecule has 2 aromatic carbocycles. The maximum atomic E-state index is 10.8. The largest absolute Gasteiger partial charge is 0.461 e. The van der Waals surface area contributed by atoms with Gasteiger partial charge in [0.1, 0.15) is 6.61 Å². The number of ether oxygens (including phenoxy) is 3. The number of hydrogen-bond acceptors (Lipinski definition) is 4. The Labute approximate surface area is 104 Å². The summed E-state index contributed by atoms with van der Waals surface area (Å²) in [6.07, 6.45) is 0. The Kier molecular flexibility index (Phi) is 2.55. The van der Waals surface area contributed by atoms with Crippen LogP contribution in [0.2, 0.25) is 0 Å². The summed E-state index contributed by atoms with van der Waals surface area (Å²) in [5.74, 6) is 1.28. The molecule has 0 aliphatic carbocycles. The van der Waals surface area contributed by atoms with Gasteiger partial charge in [-0.1, -0.05) is 18.2 Å². The van der Waals surface area contributed by atoms with E-state index in [1.54, 1.807) is 0 Å². The van der Waals surface area contributed by atoms with Crippen molar-refractivity contribution in [1.82, 2.24) is 0 Å². The molecule has 0 saturated carbocycles. The van der Waals surface area contributed by atoms with Crippen molar-refractivity contribution in [3.63, 3.8) is 0 Å². The van der Waals surface area contributed by atoms with E-state index < -0.39 is 0 Å². The summed E-state index contributed by atoms with van der Waals surface area (Å²) in [7, 11) is 0. The van der Waals surface area contributed by atoms with E-state index in [9.17, 15) is 4.79 Å². The first-order chi connectivity index (χ1) is 8.74. The number of rotatable bonds is 2. The summed E-state index contributed by atoms with van der Waals surface area (Å²) in [4.78, 5) is 10.8. The highest BCUT2D eigenvalue weighted by atomic mass is 16.7. The van der Waals surface area contributed by atoms with Gasteiger partial charge in [-0.2, -0.15) is 0 Å². The Morgan fingerprint density at radius 2 is 2.17 bits per heavy atom. The Morgan fingerprint density at radius 3 is 3.00 bits per heavy atom. The van der Waals surface area contributed by atoms with E-state index in [0.717, 1.165) is 27.8 Å². The molecule has 1 aliphatic rings. The molecule has 4 nitrogen and oxygen atoms in total. The van der Waals surface area contributed by atoms with Gasteiger partial charge in [-0.3, -0.25) is 4.79 Å². The van der Waals surface area contributed by atoms with E-state index in [0.29, 0.717) is 6.61 Å². The minimum absolute atomic E-state index is 0.268. The van der Waals surface area contributed by atoms with Crippen LogP contribution >= 0.6 is 0 Å². The van der Waals surface area contributed by atoms with Crippen LogP contribution in [0.3, 0.4) is 0 Å². The SMILES string of the molecule is CC(=O)OCc1ccc2c3c(ccc2c1)OCO3. The van der Waals surface area contributed by atoms with Crippen LogP contribution in [0.4, 0.5) is 0 Å². The predicted molar refractivity (Wildman–Crippen MR) is 65.5 cm³/mol. The first-order valence-electron chi connectivity index (χ1n) is 5.68. The summed E-state index contributed by atoms with van der Waals surface area (Å²) < 4.78 is 15.7. The summed E-state index contributed by atoms with van der Waals surface area (Å²) >= 11 is 0. The topological polar surface area (TPSA) is 44.8 Å². The standard InChI is InChI=1S/C14H12O4/c1-9(15)16-7-10-2-4-12-11(6-10)3-5-13-14(12)18-8-17-13/h2-6H,7-8H2,1H3. The van der Waals surface area contributed by atoms with E-state index in [1.165, 1.54) is 6.92 Å². The second-order valence-corrected chi connectivity index (χ2v) is 4.14. The lowest BCUT2D eigenvalue weighted by atomic mass is 10.1. The Bertz CT molecular complexity index is 618. The molecule has 92 valence electrons. The average molecular weight is 244 g/mol. The highest BCUT2D eigenvalue weighted by molar-refractivity contribution is 5.91. The van der Waals surface area contributed by atoms with Crippen molar-refractivity contribution in [2.75, 3.05) is 6.79 Å². The molecular formula is C14H12O4. The molecule has 3 rings (SSSR count). The molecule has 0 aromatic heterocycles. The van der Waals surface area contributed by atoms with E-state index in [2.05, 4.69) is 0 Å². The highest BCUT2D eigenvalue weighted by Gasteiger charge is 2.16. The molecule has 0 unspecified atom stereocenters. The zero-order valence-corrected chi connectivity index (χ0v) is 9.93. The number of carbonyl (C=O) groups excluding carboxylic acids is 1.